The average Bonchev–Trinajstić information content (AvgIpc) is 3.68. The third kappa shape index (κ3) is 6.55. The number of ether oxygens (including phenoxy) is 3. The molecule has 1 unspecified atom stereocenters. The van der Waals surface area contributed by atoms with Gasteiger partial charge in [0.2, 0.25) is 5.13 Å². The van der Waals surface area contributed by atoms with E-state index in [4.69, 9.17) is 25.8 Å². The van der Waals surface area contributed by atoms with Crippen LogP contribution in [0.1, 0.15) is 28.3 Å². The van der Waals surface area contributed by atoms with Crippen molar-refractivity contribution in [3.05, 3.63) is 130 Å². The molecule has 236 valence electrons. The molecule has 12 heteroatoms. The topological polar surface area (TPSA) is 111 Å². The number of hydrogen-bond donors (Lipinski definition) is 1. The number of ketones is 1. The van der Waals surface area contributed by atoms with E-state index >= 15 is 0 Å². The molecule has 3 heterocycles. The minimum atomic E-state index is -1.01. The van der Waals surface area contributed by atoms with Crippen molar-refractivity contribution in [2.75, 3.05) is 18.1 Å². The summed E-state index contributed by atoms with van der Waals surface area (Å²) in [5.41, 5.74) is 2.81. The van der Waals surface area contributed by atoms with Gasteiger partial charge < -0.3 is 19.3 Å². The van der Waals surface area contributed by atoms with Crippen LogP contribution in [0.4, 0.5) is 5.13 Å². The molecule has 0 aliphatic carbocycles. The van der Waals surface area contributed by atoms with E-state index < -0.39 is 17.7 Å². The molecule has 9 nitrogen and oxygen atoms in total. The summed E-state index contributed by atoms with van der Waals surface area (Å²) in [6.45, 7) is 1.09. The molecule has 47 heavy (non-hydrogen) atoms. The highest BCUT2D eigenvalue weighted by molar-refractivity contribution is 8.00. The molecule has 1 amide bonds. The molecule has 1 aromatic heterocycles. The second kappa shape index (κ2) is 13.5. The van der Waals surface area contributed by atoms with Gasteiger partial charge in [-0.05, 0) is 59.2 Å². The molecule has 2 aliphatic rings. The molecule has 0 bridgehead atoms. The number of fused-ring (bicyclic) bond motifs is 1. The van der Waals surface area contributed by atoms with Crippen molar-refractivity contribution in [2.24, 2.45) is 0 Å². The number of hydrogen-bond acceptors (Lipinski definition) is 10. The van der Waals surface area contributed by atoms with Gasteiger partial charge in [-0.25, -0.2) is 0 Å². The lowest BCUT2D eigenvalue weighted by atomic mass is 9.95. The summed E-state index contributed by atoms with van der Waals surface area (Å²) in [7, 11) is 0. The van der Waals surface area contributed by atoms with E-state index in [9.17, 15) is 14.7 Å². The summed E-state index contributed by atoms with van der Waals surface area (Å²) < 4.78 is 18.0. The fraction of sp³-hybridized carbons (Fsp3) is 0.143. The lowest BCUT2D eigenvalue weighted by molar-refractivity contribution is -0.132. The van der Waals surface area contributed by atoms with E-state index in [1.54, 1.807) is 42.5 Å². The fourth-order valence-corrected chi connectivity index (χ4v) is 7.24. The van der Waals surface area contributed by atoms with Crippen LogP contribution in [0.25, 0.3) is 5.76 Å². The van der Waals surface area contributed by atoms with Crippen LogP contribution in [0.3, 0.4) is 0 Å². The summed E-state index contributed by atoms with van der Waals surface area (Å²) >= 11 is 8.67. The molecule has 1 fully saturated rings. The number of aromatic nitrogens is 2. The van der Waals surface area contributed by atoms with E-state index in [2.05, 4.69) is 10.2 Å². The standard InChI is InChI=1S/C35H26ClN3O6S2/c36-25-12-9-22(10-13-25)20-46-35-38-37-34(47-35)39-30(23-7-4-8-26(17-23)45-19-21-5-2-1-3-6-21)29(32(41)33(39)42)31(40)24-11-14-27-28(18-24)44-16-15-43-27/h1-14,17-18,30,40H,15-16,19-20H2/b31-29+. The van der Waals surface area contributed by atoms with Crippen LogP contribution < -0.4 is 19.1 Å². The van der Waals surface area contributed by atoms with Crippen LogP contribution in [0, 0.1) is 0 Å². The summed E-state index contributed by atoms with van der Waals surface area (Å²) in [5.74, 6) is 0.106. The predicted octanol–water partition coefficient (Wildman–Crippen LogP) is 7.46. The average molecular weight is 684 g/mol. The van der Waals surface area contributed by atoms with Gasteiger partial charge in [0, 0.05) is 16.3 Å². The fourth-order valence-electron chi connectivity index (χ4n) is 5.29. The Balaban J connectivity index is 1.25. The maximum absolute atomic E-state index is 13.8. The molecule has 0 spiro atoms. The smallest absolute Gasteiger partial charge is 0.301 e. The Hall–Kier alpha value is -4.84. The van der Waals surface area contributed by atoms with Crippen molar-refractivity contribution >= 4 is 57.3 Å². The minimum absolute atomic E-state index is 0.0857. The normalized spacial score (nSPS) is 16.8. The SMILES string of the molecule is O=C1C(=O)N(c2nnc(SCc3ccc(Cl)cc3)s2)C(c2cccc(OCc3ccccc3)c2)/C1=C(\O)c1ccc2c(c1)OCCO2. The Morgan fingerprint density at radius 3 is 2.51 bits per heavy atom. The van der Waals surface area contributed by atoms with Gasteiger partial charge in [0.1, 0.15) is 31.3 Å². The van der Waals surface area contributed by atoms with Crippen molar-refractivity contribution in [1.82, 2.24) is 10.2 Å². The van der Waals surface area contributed by atoms with Crippen LogP contribution in [0.5, 0.6) is 17.2 Å². The number of benzene rings is 4. The first-order valence-corrected chi connectivity index (χ1v) is 16.8. The molecule has 4 aromatic carbocycles. The zero-order chi connectivity index (χ0) is 32.3. The largest absolute Gasteiger partial charge is 0.507 e. The first kappa shape index (κ1) is 30.8. The Morgan fingerprint density at radius 1 is 0.915 bits per heavy atom. The number of halogens is 1. The van der Waals surface area contributed by atoms with Crippen LogP contribution in [0.2, 0.25) is 5.02 Å². The van der Waals surface area contributed by atoms with E-state index in [0.717, 1.165) is 11.1 Å². The number of carbonyl (C=O) groups is 2. The van der Waals surface area contributed by atoms with Crippen molar-refractivity contribution in [3.63, 3.8) is 0 Å². The Bertz CT molecular complexity index is 1980. The molecule has 2 aliphatic heterocycles. The van der Waals surface area contributed by atoms with Crippen LogP contribution >= 0.6 is 34.7 Å². The molecule has 0 radical (unpaired) electrons. The van der Waals surface area contributed by atoms with Crippen LogP contribution in [-0.4, -0.2) is 40.2 Å². The van der Waals surface area contributed by atoms with Gasteiger partial charge in [-0.2, -0.15) is 0 Å². The maximum Gasteiger partial charge on any atom is 0.301 e. The molecular formula is C35H26ClN3O6S2. The number of nitrogens with zero attached hydrogens (tertiary/aromatic N) is 3. The van der Waals surface area contributed by atoms with Crippen molar-refractivity contribution in [1.29, 1.82) is 0 Å². The first-order valence-electron chi connectivity index (χ1n) is 14.6. The van der Waals surface area contributed by atoms with Gasteiger partial charge >= 0.3 is 5.91 Å². The maximum atomic E-state index is 13.8. The predicted molar refractivity (Wildman–Crippen MR) is 180 cm³/mol. The van der Waals surface area contributed by atoms with Gasteiger partial charge in [0.15, 0.2) is 15.8 Å². The number of Topliss-reactive ketones (excluding diaryl/α,β-unsaturated/α-hetero) is 1. The summed E-state index contributed by atoms with van der Waals surface area (Å²) in [5, 5.41) is 21.2. The van der Waals surface area contributed by atoms with Crippen molar-refractivity contribution in [3.8, 4) is 17.2 Å². The molecule has 5 aromatic rings. The summed E-state index contributed by atoms with van der Waals surface area (Å²) in [4.78, 5) is 28.8. The second-order valence-corrected chi connectivity index (χ2v) is 13.3. The van der Waals surface area contributed by atoms with E-state index in [-0.39, 0.29) is 16.5 Å². The third-order valence-electron chi connectivity index (χ3n) is 7.56. The minimum Gasteiger partial charge on any atom is -0.507 e. The number of rotatable bonds is 9. The van der Waals surface area contributed by atoms with Gasteiger partial charge in [0.25, 0.3) is 5.78 Å². The van der Waals surface area contributed by atoms with Crippen molar-refractivity contribution < 1.29 is 28.9 Å². The number of carbonyl (C=O) groups excluding carboxylic acids is 2. The zero-order valence-corrected chi connectivity index (χ0v) is 27.1. The molecule has 0 saturated carbocycles. The lowest BCUT2D eigenvalue weighted by Crippen LogP contribution is -2.29. The molecule has 1 atom stereocenters. The van der Waals surface area contributed by atoms with E-state index in [0.29, 0.717) is 63.3 Å². The third-order valence-corrected chi connectivity index (χ3v) is 9.94. The number of anilines is 1. The van der Waals surface area contributed by atoms with Gasteiger partial charge in [-0.3, -0.25) is 14.5 Å². The monoisotopic (exact) mass is 683 g/mol. The highest BCUT2D eigenvalue weighted by Gasteiger charge is 2.48. The molecule has 7 rings (SSSR count). The highest BCUT2D eigenvalue weighted by atomic mass is 35.5. The molecule has 1 N–H and O–H groups in total. The Labute approximate surface area is 283 Å². The summed E-state index contributed by atoms with van der Waals surface area (Å²) in [6.07, 6.45) is 0. The Kier molecular flexibility index (Phi) is 8.84. The highest BCUT2D eigenvalue weighted by Crippen LogP contribution is 2.45. The molecular weight excluding hydrogens is 658 g/mol. The van der Waals surface area contributed by atoms with Crippen LogP contribution in [-0.2, 0) is 21.9 Å². The Morgan fingerprint density at radius 2 is 1.70 bits per heavy atom. The van der Waals surface area contributed by atoms with E-state index in [1.165, 1.54) is 28.0 Å². The van der Waals surface area contributed by atoms with Gasteiger partial charge in [-0.15, -0.1) is 10.2 Å². The second-order valence-electron chi connectivity index (χ2n) is 10.6. The first-order chi connectivity index (χ1) is 22.9. The number of amides is 1. The number of aliphatic hydroxyl groups is 1. The van der Waals surface area contributed by atoms with Gasteiger partial charge in [-0.1, -0.05) is 89.3 Å². The molecule has 1 saturated heterocycles. The zero-order valence-electron chi connectivity index (χ0n) is 24.7. The number of aliphatic hydroxyl groups excluding tert-OH is 1. The van der Waals surface area contributed by atoms with E-state index in [1.807, 2.05) is 54.6 Å². The quantitative estimate of drug-likeness (QED) is 0.0556. The van der Waals surface area contributed by atoms with Gasteiger partial charge in [0.05, 0.1) is 11.6 Å². The van der Waals surface area contributed by atoms with Crippen LogP contribution in [0.15, 0.2) is 107 Å². The van der Waals surface area contributed by atoms with Crippen molar-refractivity contribution in [2.45, 2.75) is 22.7 Å². The lowest BCUT2D eigenvalue weighted by Gasteiger charge is -2.23. The number of thioether (sulfide) groups is 1. The summed E-state index contributed by atoms with van der Waals surface area (Å²) in [6, 6.07) is 28.3.